The first-order chi connectivity index (χ1) is 8.15. The van der Waals surface area contributed by atoms with Crippen LogP contribution in [0.3, 0.4) is 0 Å². The lowest BCUT2D eigenvalue weighted by Crippen LogP contribution is -1.89. The maximum Gasteiger partial charge on any atom is 0.0761 e. The quantitative estimate of drug-likeness (QED) is 0.873. The predicted octanol–water partition coefficient (Wildman–Crippen LogP) is 4.20. The smallest absolute Gasteiger partial charge is 0.0761 e. The Kier molecular flexibility index (Phi) is 3.87. The number of benzene rings is 2. The Morgan fingerprint density at radius 1 is 0.882 bits per heavy atom. The van der Waals surface area contributed by atoms with Crippen LogP contribution in [0.2, 0.25) is 0 Å². The Morgan fingerprint density at radius 3 is 1.82 bits per heavy atom. The molecule has 0 spiro atoms. The summed E-state index contributed by atoms with van der Waals surface area (Å²) in [5.74, 6) is 0. The molecule has 0 aliphatic heterocycles. The third-order valence-electron chi connectivity index (χ3n) is 2.62. The fourth-order valence-corrected chi connectivity index (χ4v) is 2.37. The average Bonchev–Trinajstić information content (AvgIpc) is 2.33. The van der Waals surface area contributed by atoms with E-state index in [1.807, 2.05) is 24.3 Å². The molecule has 88 valence electrons. The van der Waals surface area contributed by atoms with Crippen LogP contribution in [0.1, 0.15) is 24.2 Å². The summed E-state index contributed by atoms with van der Waals surface area (Å²) in [5.41, 5.74) is 2.23. The van der Waals surface area contributed by atoms with Gasteiger partial charge in [-0.25, -0.2) is 0 Å². The van der Waals surface area contributed by atoms with Crippen molar-refractivity contribution in [1.29, 1.82) is 0 Å². The van der Waals surface area contributed by atoms with Gasteiger partial charge in [-0.05, 0) is 43.7 Å². The summed E-state index contributed by atoms with van der Waals surface area (Å²) >= 11 is 1.74. The Balaban J connectivity index is 2.11. The molecule has 0 bridgehead atoms. The fraction of sp³-hybridized carbons (Fsp3) is 0.200. The van der Waals surface area contributed by atoms with Crippen LogP contribution in [-0.2, 0) is 0 Å². The Morgan fingerprint density at radius 2 is 1.35 bits per heavy atom. The van der Waals surface area contributed by atoms with E-state index in [-0.39, 0.29) is 0 Å². The van der Waals surface area contributed by atoms with E-state index in [2.05, 4.69) is 31.2 Å². The molecule has 0 amide bonds. The minimum absolute atomic E-state index is 0.395. The van der Waals surface area contributed by atoms with Crippen molar-refractivity contribution in [2.24, 2.45) is 0 Å². The van der Waals surface area contributed by atoms with Crippen LogP contribution in [0, 0.1) is 6.92 Å². The third kappa shape index (κ3) is 3.35. The number of hydrogen-bond donors (Lipinski definition) is 1. The van der Waals surface area contributed by atoms with Crippen molar-refractivity contribution in [3.8, 4) is 0 Å². The van der Waals surface area contributed by atoms with E-state index in [1.54, 1.807) is 18.7 Å². The highest BCUT2D eigenvalue weighted by Crippen LogP contribution is 2.28. The zero-order chi connectivity index (χ0) is 12.3. The Labute approximate surface area is 107 Å². The molecular formula is C15H16OS. The van der Waals surface area contributed by atoms with Gasteiger partial charge in [0.05, 0.1) is 6.10 Å². The Hall–Kier alpha value is -1.25. The fourth-order valence-electron chi connectivity index (χ4n) is 1.56. The van der Waals surface area contributed by atoms with E-state index in [0.717, 1.165) is 5.56 Å². The van der Waals surface area contributed by atoms with Gasteiger partial charge < -0.3 is 5.11 Å². The highest BCUT2D eigenvalue weighted by Gasteiger charge is 2.01. The minimum atomic E-state index is -0.395. The van der Waals surface area contributed by atoms with Crippen molar-refractivity contribution in [3.63, 3.8) is 0 Å². The molecule has 0 aliphatic rings. The van der Waals surface area contributed by atoms with E-state index in [9.17, 15) is 5.11 Å². The van der Waals surface area contributed by atoms with Crippen LogP contribution in [-0.4, -0.2) is 5.11 Å². The summed E-state index contributed by atoms with van der Waals surface area (Å²) in [5, 5.41) is 9.43. The topological polar surface area (TPSA) is 20.2 Å². The molecule has 1 N–H and O–H groups in total. The van der Waals surface area contributed by atoms with Gasteiger partial charge >= 0.3 is 0 Å². The molecule has 0 aliphatic carbocycles. The van der Waals surface area contributed by atoms with Gasteiger partial charge in [-0.2, -0.15) is 0 Å². The molecule has 2 aromatic carbocycles. The molecule has 1 atom stereocenters. The first-order valence-electron chi connectivity index (χ1n) is 5.68. The van der Waals surface area contributed by atoms with Gasteiger partial charge in [-0.15, -0.1) is 0 Å². The van der Waals surface area contributed by atoms with Gasteiger partial charge in [0.15, 0.2) is 0 Å². The molecule has 2 rings (SSSR count). The van der Waals surface area contributed by atoms with Crippen LogP contribution < -0.4 is 0 Å². The van der Waals surface area contributed by atoms with Crippen LogP contribution in [0.15, 0.2) is 58.3 Å². The second-order valence-corrected chi connectivity index (χ2v) is 5.31. The molecule has 0 saturated carbocycles. The molecule has 0 unspecified atom stereocenters. The van der Waals surface area contributed by atoms with Gasteiger partial charge in [0.1, 0.15) is 0 Å². The number of aliphatic hydroxyl groups is 1. The summed E-state index contributed by atoms with van der Waals surface area (Å²) in [6.07, 6.45) is -0.395. The lowest BCUT2D eigenvalue weighted by atomic mass is 10.1. The normalized spacial score (nSPS) is 12.4. The zero-order valence-electron chi connectivity index (χ0n) is 10.1. The van der Waals surface area contributed by atoms with Gasteiger partial charge in [0.2, 0.25) is 0 Å². The van der Waals surface area contributed by atoms with Crippen LogP contribution >= 0.6 is 11.8 Å². The Bertz CT molecular complexity index is 471. The second kappa shape index (κ2) is 5.39. The lowest BCUT2D eigenvalue weighted by molar-refractivity contribution is 0.199. The molecule has 0 fully saturated rings. The SMILES string of the molecule is Cc1ccc(Sc2ccc([C@H](C)O)cc2)cc1. The number of aryl methyl sites for hydroxylation is 1. The van der Waals surface area contributed by atoms with Crippen molar-refractivity contribution < 1.29 is 5.11 Å². The van der Waals surface area contributed by atoms with Crippen molar-refractivity contribution >= 4 is 11.8 Å². The summed E-state index contributed by atoms with van der Waals surface area (Å²) < 4.78 is 0. The van der Waals surface area contributed by atoms with Crippen molar-refractivity contribution in [2.45, 2.75) is 29.7 Å². The summed E-state index contributed by atoms with van der Waals surface area (Å²) in [6.45, 7) is 3.87. The van der Waals surface area contributed by atoms with E-state index >= 15 is 0 Å². The predicted molar refractivity (Wildman–Crippen MR) is 72.4 cm³/mol. The van der Waals surface area contributed by atoms with E-state index in [1.165, 1.54) is 15.4 Å². The van der Waals surface area contributed by atoms with E-state index in [0.29, 0.717) is 0 Å². The third-order valence-corrected chi connectivity index (χ3v) is 3.63. The van der Waals surface area contributed by atoms with Gasteiger partial charge in [0.25, 0.3) is 0 Å². The van der Waals surface area contributed by atoms with Crippen LogP contribution in [0.5, 0.6) is 0 Å². The standard InChI is InChI=1S/C15H16OS/c1-11-3-7-14(8-4-11)17-15-9-5-13(6-10-15)12(2)16/h3-10,12,16H,1-2H3/t12-/m0/s1. The maximum atomic E-state index is 9.43. The van der Waals surface area contributed by atoms with Crippen molar-refractivity contribution in [3.05, 3.63) is 59.7 Å². The van der Waals surface area contributed by atoms with Gasteiger partial charge in [0, 0.05) is 9.79 Å². The van der Waals surface area contributed by atoms with Crippen LogP contribution in [0.25, 0.3) is 0 Å². The molecule has 1 nitrogen and oxygen atoms in total. The molecule has 0 aromatic heterocycles. The molecule has 0 radical (unpaired) electrons. The highest BCUT2D eigenvalue weighted by molar-refractivity contribution is 7.99. The summed E-state index contributed by atoms with van der Waals surface area (Å²) in [6, 6.07) is 16.5. The first kappa shape index (κ1) is 12.2. The van der Waals surface area contributed by atoms with E-state index < -0.39 is 6.10 Å². The molecule has 0 saturated heterocycles. The van der Waals surface area contributed by atoms with Gasteiger partial charge in [-0.3, -0.25) is 0 Å². The molecule has 2 aromatic rings. The monoisotopic (exact) mass is 244 g/mol. The second-order valence-electron chi connectivity index (χ2n) is 4.16. The minimum Gasteiger partial charge on any atom is -0.389 e. The lowest BCUT2D eigenvalue weighted by Gasteiger charge is -2.06. The number of rotatable bonds is 3. The summed E-state index contributed by atoms with van der Waals surface area (Å²) in [7, 11) is 0. The maximum absolute atomic E-state index is 9.43. The largest absolute Gasteiger partial charge is 0.389 e. The number of aliphatic hydroxyl groups excluding tert-OH is 1. The first-order valence-corrected chi connectivity index (χ1v) is 6.49. The molecule has 2 heteroatoms. The van der Waals surface area contributed by atoms with Gasteiger partial charge in [-0.1, -0.05) is 41.6 Å². The average molecular weight is 244 g/mol. The zero-order valence-corrected chi connectivity index (χ0v) is 10.9. The van der Waals surface area contributed by atoms with Crippen LogP contribution in [0.4, 0.5) is 0 Å². The van der Waals surface area contributed by atoms with Crippen molar-refractivity contribution in [1.82, 2.24) is 0 Å². The molecule has 17 heavy (non-hydrogen) atoms. The molecule has 0 heterocycles. The number of hydrogen-bond acceptors (Lipinski definition) is 2. The highest BCUT2D eigenvalue weighted by atomic mass is 32.2. The summed E-state index contributed by atoms with van der Waals surface area (Å²) in [4.78, 5) is 2.43. The van der Waals surface area contributed by atoms with Crippen molar-refractivity contribution in [2.75, 3.05) is 0 Å². The molecular weight excluding hydrogens is 228 g/mol. The van der Waals surface area contributed by atoms with E-state index in [4.69, 9.17) is 0 Å².